The normalized spacial score (nSPS) is 13.7. The number of hydrogen-bond acceptors (Lipinski definition) is 5. The lowest BCUT2D eigenvalue weighted by atomic mass is 10.0. The second-order valence-electron chi connectivity index (χ2n) is 8.54. The number of amides is 1. The highest BCUT2D eigenvalue weighted by Gasteiger charge is 2.25. The van der Waals surface area contributed by atoms with E-state index in [2.05, 4.69) is 4.90 Å². The fourth-order valence-corrected chi connectivity index (χ4v) is 4.72. The molecule has 6 nitrogen and oxygen atoms in total. The number of carbonyl (C=O) groups excluding carboxylic acids is 1. The molecule has 0 bridgehead atoms. The molecule has 4 aromatic rings. The highest BCUT2D eigenvalue weighted by molar-refractivity contribution is 6.30. The molecular formula is C28H25ClFN3O3. The molecule has 3 aromatic carbocycles. The Morgan fingerprint density at radius 1 is 0.944 bits per heavy atom. The van der Waals surface area contributed by atoms with Gasteiger partial charge in [0.2, 0.25) is 0 Å². The van der Waals surface area contributed by atoms with E-state index in [0.29, 0.717) is 70.4 Å². The van der Waals surface area contributed by atoms with Gasteiger partial charge in [0.05, 0.1) is 31.0 Å². The molecule has 1 fully saturated rings. The van der Waals surface area contributed by atoms with Gasteiger partial charge in [-0.3, -0.25) is 4.79 Å². The third kappa shape index (κ3) is 4.66. The maximum absolute atomic E-state index is 14.2. The van der Waals surface area contributed by atoms with E-state index in [4.69, 9.17) is 26.1 Å². The topological polar surface area (TPSA) is 54.9 Å². The van der Waals surface area contributed by atoms with Gasteiger partial charge in [-0.1, -0.05) is 17.7 Å². The Labute approximate surface area is 213 Å². The van der Waals surface area contributed by atoms with Crippen LogP contribution in [0.1, 0.15) is 10.4 Å². The first kappa shape index (κ1) is 23.9. The highest BCUT2D eigenvalue weighted by atomic mass is 35.5. The molecule has 0 N–H and O–H groups in total. The summed E-state index contributed by atoms with van der Waals surface area (Å²) in [6.45, 7) is 2.41. The monoisotopic (exact) mass is 505 g/mol. The quantitative estimate of drug-likeness (QED) is 0.349. The Morgan fingerprint density at radius 3 is 2.47 bits per heavy atom. The van der Waals surface area contributed by atoms with Gasteiger partial charge < -0.3 is 19.3 Å². The van der Waals surface area contributed by atoms with Crippen LogP contribution in [-0.4, -0.2) is 56.2 Å². The summed E-state index contributed by atoms with van der Waals surface area (Å²) >= 11 is 6.15. The van der Waals surface area contributed by atoms with Gasteiger partial charge in [0.15, 0.2) is 0 Å². The maximum atomic E-state index is 14.2. The van der Waals surface area contributed by atoms with E-state index in [1.54, 1.807) is 37.3 Å². The van der Waals surface area contributed by atoms with Crippen LogP contribution in [0.2, 0.25) is 5.02 Å². The average molecular weight is 506 g/mol. The van der Waals surface area contributed by atoms with E-state index in [0.717, 1.165) is 5.69 Å². The first-order valence-electron chi connectivity index (χ1n) is 11.6. The molecule has 36 heavy (non-hydrogen) atoms. The second-order valence-corrected chi connectivity index (χ2v) is 8.98. The van der Waals surface area contributed by atoms with Crippen LogP contribution in [0.3, 0.4) is 0 Å². The molecule has 0 spiro atoms. The SMILES string of the molecule is COc1ccc(-c2cc(C(=O)N3CCN(c4cccc(Cl)c4)CC3)c3cc(F)ccc3n2)c(OC)c1. The van der Waals surface area contributed by atoms with Crippen molar-refractivity contribution in [2.24, 2.45) is 0 Å². The molecular weight excluding hydrogens is 481 g/mol. The first-order valence-corrected chi connectivity index (χ1v) is 12.0. The molecule has 0 atom stereocenters. The molecule has 1 aromatic heterocycles. The minimum absolute atomic E-state index is 0.160. The van der Waals surface area contributed by atoms with Crippen LogP contribution in [0, 0.1) is 5.82 Å². The minimum Gasteiger partial charge on any atom is -0.497 e. The van der Waals surface area contributed by atoms with Crippen LogP contribution >= 0.6 is 11.6 Å². The van der Waals surface area contributed by atoms with Gasteiger partial charge in [-0.2, -0.15) is 0 Å². The van der Waals surface area contributed by atoms with Crippen molar-refractivity contribution in [3.8, 4) is 22.8 Å². The molecule has 1 aliphatic rings. The van der Waals surface area contributed by atoms with Crippen molar-refractivity contribution >= 4 is 34.1 Å². The number of benzene rings is 3. The number of halogens is 2. The van der Waals surface area contributed by atoms with Crippen molar-refractivity contribution in [3.63, 3.8) is 0 Å². The molecule has 0 aliphatic carbocycles. The Bertz CT molecular complexity index is 1440. The Morgan fingerprint density at radius 2 is 1.75 bits per heavy atom. The molecule has 5 rings (SSSR count). The van der Waals surface area contributed by atoms with E-state index in [-0.39, 0.29) is 5.91 Å². The average Bonchev–Trinajstić information content (AvgIpc) is 2.91. The number of carbonyl (C=O) groups is 1. The van der Waals surface area contributed by atoms with Gasteiger partial charge in [0, 0.05) is 53.9 Å². The molecule has 184 valence electrons. The molecule has 0 radical (unpaired) electrons. The summed E-state index contributed by atoms with van der Waals surface area (Å²) in [4.78, 5) is 22.5. The van der Waals surface area contributed by atoms with Crippen LogP contribution in [0.5, 0.6) is 11.5 Å². The van der Waals surface area contributed by atoms with Crippen molar-refractivity contribution < 1.29 is 18.7 Å². The minimum atomic E-state index is -0.418. The van der Waals surface area contributed by atoms with Crippen LogP contribution in [0.25, 0.3) is 22.2 Å². The molecule has 8 heteroatoms. The van der Waals surface area contributed by atoms with E-state index in [9.17, 15) is 9.18 Å². The van der Waals surface area contributed by atoms with Gasteiger partial charge in [-0.15, -0.1) is 0 Å². The number of fused-ring (bicyclic) bond motifs is 1. The van der Waals surface area contributed by atoms with Gasteiger partial charge in [0.25, 0.3) is 5.91 Å². The van der Waals surface area contributed by atoms with Gasteiger partial charge in [-0.25, -0.2) is 9.37 Å². The summed E-state index contributed by atoms with van der Waals surface area (Å²) in [6.07, 6.45) is 0. The van der Waals surface area contributed by atoms with Crippen molar-refractivity contribution in [1.82, 2.24) is 9.88 Å². The summed E-state index contributed by atoms with van der Waals surface area (Å²) in [7, 11) is 3.15. The highest BCUT2D eigenvalue weighted by Crippen LogP contribution is 2.35. The van der Waals surface area contributed by atoms with Crippen LogP contribution < -0.4 is 14.4 Å². The number of nitrogens with zero attached hydrogens (tertiary/aromatic N) is 3. The number of ether oxygens (including phenoxy) is 2. The van der Waals surface area contributed by atoms with Gasteiger partial charge in [-0.05, 0) is 54.6 Å². The number of piperazine rings is 1. The van der Waals surface area contributed by atoms with Crippen LogP contribution in [0.15, 0.2) is 66.7 Å². The fraction of sp³-hybridized carbons (Fsp3) is 0.214. The van der Waals surface area contributed by atoms with Gasteiger partial charge in [0.1, 0.15) is 17.3 Å². The molecule has 1 amide bonds. The Hall–Kier alpha value is -3.84. The third-order valence-corrected chi connectivity index (χ3v) is 6.66. The number of anilines is 1. The number of aromatic nitrogens is 1. The summed E-state index contributed by atoms with van der Waals surface area (Å²) in [5.41, 5.74) is 3.25. The predicted octanol–water partition coefficient (Wildman–Crippen LogP) is 5.67. The zero-order chi connectivity index (χ0) is 25.2. The lowest BCUT2D eigenvalue weighted by Gasteiger charge is -2.36. The van der Waals surface area contributed by atoms with Crippen molar-refractivity contribution in [2.75, 3.05) is 45.3 Å². The molecule has 1 saturated heterocycles. The van der Waals surface area contributed by atoms with Crippen molar-refractivity contribution in [3.05, 3.63) is 83.1 Å². The molecule has 2 heterocycles. The lowest BCUT2D eigenvalue weighted by molar-refractivity contribution is 0.0748. The lowest BCUT2D eigenvalue weighted by Crippen LogP contribution is -2.48. The maximum Gasteiger partial charge on any atom is 0.254 e. The zero-order valence-corrected chi connectivity index (χ0v) is 20.8. The molecule has 0 unspecified atom stereocenters. The van der Waals surface area contributed by atoms with E-state index < -0.39 is 5.82 Å². The van der Waals surface area contributed by atoms with Crippen molar-refractivity contribution in [1.29, 1.82) is 0 Å². The summed E-state index contributed by atoms with van der Waals surface area (Å²) in [6, 6.07) is 19.1. The summed E-state index contributed by atoms with van der Waals surface area (Å²) < 4.78 is 25.1. The number of pyridine rings is 1. The van der Waals surface area contributed by atoms with Crippen LogP contribution in [-0.2, 0) is 0 Å². The van der Waals surface area contributed by atoms with E-state index in [1.165, 1.54) is 12.1 Å². The Kier molecular flexibility index (Phi) is 6.65. The third-order valence-electron chi connectivity index (χ3n) is 6.43. The largest absolute Gasteiger partial charge is 0.497 e. The van der Waals surface area contributed by atoms with E-state index >= 15 is 0 Å². The standard InChI is InChI=1S/C28H25ClFN3O3/c1-35-21-7-8-22(27(16-21)36-2)26-17-24(23-15-19(30)6-9-25(23)31-26)28(34)33-12-10-32(11-13-33)20-5-3-4-18(29)14-20/h3-9,14-17H,10-13H2,1-2H3. The summed E-state index contributed by atoms with van der Waals surface area (Å²) in [5.74, 6) is 0.635. The van der Waals surface area contributed by atoms with E-state index in [1.807, 2.05) is 36.4 Å². The first-order chi connectivity index (χ1) is 17.5. The number of rotatable bonds is 5. The Balaban J connectivity index is 1.49. The fourth-order valence-electron chi connectivity index (χ4n) is 4.53. The number of methoxy groups -OCH3 is 2. The van der Waals surface area contributed by atoms with Crippen molar-refractivity contribution in [2.45, 2.75) is 0 Å². The van der Waals surface area contributed by atoms with Crippen LogP contribution in [0.4, 0.5) is 10.1 Å². The molecule has 0 saturated carbocycles. The smallest absolute Gasteiger partial charge is 0.254 e. The second kappa shape index (κ2) is 10.0. The summed E-state index contributed by atoms with van der Waals surface area (Å²) in [5, 5.41) is 1.16. The number of hydrogen-bond donors (Lipinski definition) is 0. The predicted molar refractivity (Wildman–Crippen MR) is 140 cm³/mol. The molecule has 1 aliphatic heterocycles. The zero-order valence-electron chi connectivity index (χ0n) is 20.0. The van der Waals surface area contributed by atoms with Gasteiger partial charge >= 0.3 is 0 Å².